The summed E-state index contributed by atoms with van der Waals surface area (Å²) in [5.41, 5.74) is 20.4. The molecule has 0 aliphatic rings. The second-order valence-corrected chi connectivity index (χ2v) is 9.66. The number of benzene rings is 5. The van der Waals surface area contributed by atoms with Crippen LogP contribution in [0.2, 0.25) is 0 Å². The molecule has 40 heavy (non-hydrogen) atoms. The van der Waals surface area contributed by atoms with Crippen LogP contribution in [0.4, 0.5) is 11.4 Å². The Morgan fingerprint density at radius 2 is 0.900 bits per heavy atom. The van der Waals surface area contributed by atoms with Gasteiger partial charge < -0.3 is 11.5 Å². The maximum atomic E-state index is 6.10. The normalized spacial score (nSPS) is 11.2. The van der Waals surface area contributed by atoms with Gasteiger partial charge in [0.05, 0.1) is 22.4 Å². The van der Waals surface area contributed by atoms with Gasteiger partial charge in [0.15, 0.2) is 11.6 Å². The molecule has 6 nitrogen and oxygen atoms in total. The molecule has 0 radical (unpaired) electrons. The highest BCUT2D eigenvalue weighted by Gasteiger charge is 2.17. The molecule has 2 aromatic heterocycles. The van der Waals surface area contributed by atoms with Gasteiger partial charge in [-0.25, -0.2) is 19.9 Å². The SMILES string of the molecule is Nc1ccc(-c2nc(-c3ccccc3)c3cc4c(-c5ccccc5)nc(-c5cccc(N)c5)nc4cc3n2)cc1. The van der Waals surface area contributed by atoms with E-state index in [4.69, 9.17) is 31.4 Å². The number of hydrogen-bond acceptors (Lipinski definition) is 6. The summed E-state index contributed by atoms with van der Waals surface area (Å²) in [6.45, 7) is 0. The summed E-state index contributed by atoms with van der Waals surface area (Å²) in [6, 6.07) is 39.7. The predicted molar refractivity (Wildman–Crippen MR) is 163 cm³/mol. The molecule has 0 aliphatic carbocycles. The molecular weight excluding hydrogens is 492 g/mol. The van der Waals surface area contributed by atoms with Crippen LogP contribution in [0.15, 0.2) is 121 Å². The van der Waals surface area contributed by atoms with Crippen LogP contribution in [0.1, 0.15) is 0 Å². The quantitative estimate of drug-likeness (QED) is 0.187. The van der Waals surface area contributed by atoms with E-state index in [-0.39, 0.29) is 0 Å². The highest BCUT2D eigenvalue weighted by molar-refractivity contribution is 6.06. The molecule has 0 aliphatic heterocycles. The van der Waals surface area contributed by atoms with E-state index >= 15 is 0 Å². The van der Waals surface area contributed by atoms with Gasteiger partial charge in [0.1, 0.15) is 0 Å². The minimum Gasteiger partial charge on any atom is -0.399 e. The van der Waals surface area contributed by atoms with Gasteiger partial charge in [-0.2, -0.15) is 0 Å². The van der Waals surface area contributed by atoms with E-state index in [9.17, 15) is 0 Å². The smallest absolute Gasteiger partial charge is 0.160 e. The third-order valence-corrected chi connectivity index (χ3v) is 6.92. The molecule has 0 bridgehead atoms. The zero-order chi connectivity index (χ0) is 27.1. The van der Waals surface area contributed by atoms with Crippen molar-refractivity contribution in [1.29, 1.82) is 0 Å². The highest BCUT2D eigenvalue weighted by atomic mass is 14.9. The van der Waals surface area contributed by atoms with Crippen molar-refractivity contribution in [1.82, 2.24) is 19.9 Å². The molecule has 0 amide bonds. The first-order valence-corrected chi connectivity index (χ1v) is 13.0. The number of nitrogens with two attached hydrogens (primary N) is 2. The van der Waals surface area contributed by atoms with E-state index in [0.717, 1.165) is 55.4 Å². The number of fused-ring (bicyclic) bond motifs is 2. The van der Waals surface area contributed by atoms with Crippen LogP contribution in [0.3, 0.4) is 0 Å². The van der Waals surface area contributed by atoms with Gasteiger partial charge in [-0.15, -0.1) is 0 Å². The van der Waals surface area contributed by atoms with Crippen LogP contribution in [0.25, 0.3) is 67.1 Å². The largest absolute Gasteiger partial charge is 0.399 e. The predicted octanol–water partition coefficient (Wildman–Crippen LogP) is 7.41. The third-order valence-electron chi connectivity index (χ3n) is 6.92. The molecule has 6 heteroatoms. The molecule has 0 fully saturated rings. The molecule has 190 valence electrons. The Bertz CT molecular complexity index is 2000. The molecule has 0 saturated heterocycles. The first-order chi connectivity index (χ1) is 19.6. The minimum absolute atomic E-state index is 0.606. The van der Waals surface area contributed by atoms with Crippen LogP contribution in [0.5, 0.6) is 0 Å². The lowest BCUT2D eigenvalue weighted by atomic mass is 10.0. The Morgan fingerprint density at radius 3 is 1.45 bits per heavy atom. The van der Waals surface area contributed by atoms with Crippen molar-refractivity contribution in [3.63, 3.8) is 0 Å². The number of hydrogen-bond donors (Lipinski definition) is 2. The summed E-state index contributed by atoms with van der Waals surface area (Å²) in [5, 5.41) is 1.85. The minimum atomic E-state index is 0.606. The van der Waals surface area contributed by atoms with E-state index in [0.29, 0.717) is 23.0 Å². The Labute approximate surface area is 231 Å². The average Bonchev–Trinajstić information content (AvgIpc) is 3.00. The summed E-state index contributed by atoms with van der Waals surface area (Å²) >= 11 is 0. The van der Waals surface area contributed by atoms with Gasteiger partial charge >= 0.3 is 0 Å². The van der Waals surface area contributed by atoms with E-state index in [1.165, 1.54) is 0 Å². The van der Waals surface area contributed by atoms with Crippen LogP contribution >= 0.6 is 0 Å². The van der Waals surface area contributed by atoms with E-state index in [1.54, 1.807) is 0 Å². The Balaban J connectivity index is 1.56. The van der Waals surface area contributed by atoms with Crippen molar-refractivity contribution in [2.45, 2.75) is 0 Å². The van der Waals surface area contributed by atoms with Crippen molar-refractivity contribution in [3.05, 3.63) is 121 Å². The summed E-state index contributed by atoms with van der Waals surface area (Å²) in [4.78, 5) is 20.1. The number of rotatable bonds is 4. The molecule has 0 atom stereocenters. The van der Waals surface area contributed by atoms with E-state index in [2.05, 4.69) is 30.3 Å². The third kappa shape index (κ3) is 4.27. The fraction of sp³-hybridized carbons (Fsp3) is 0. The van der Waals surface area contributed by atoms with Crippen molar-refractivity contribution in [3.8, 4) is 45.3 Å². The average molecular weight is 517 g/mol. The molecule has 2 heterocycles. The van der Waals surface area contributed by atoms with Gasteiger partial charge in [0, 0.05) is 44.4 Å². The molecule has 5 aromatic carbocycles. The van der Waals surface area contributed by atoms with Gasteiger partial charge in [-0.05, 0) is 48.5 Å². The standard InChI is InChI=1S/C34H24N6/c35-25-16-14-23(15-17-25)33-37-29-20-30-28(19-27(29)31(39-33)21-8-3-1-4-9-21)32(22-10-5-2-6-11-22)40-34(38-30)24-12-7-13-26(36)18-24/h1-20H,35-36H2. The lowest BCUT2D eigenvalue weighted by Crippen LogP contribution is -1.99. The zero-order valence-electron chi connectivity index (χ0n) is 21.5. The monoisotopic (exact) mass is 516 g/mol. The van der Waals surface area contributed by atoms with Crippen LogP contribution in [-0.4, -0.2) is 19.9 Å². The number of aromatic nitrogens is 4. The topological polar surface area (TPSA) is 104 Å². The second-order valence-electron chi connectivity index (χ2n) is 9.66. The van der Waals surface area contributed by atoms with Crippen molar-refractivity contribution < 1.29 is 0 Å². The maximum absolute atomic E-state index is 6.10. The summed E-state index contributed by atoms with van der Waals surface area (Å²) in [5.74, 6) is 1.23. The summed E-state index contributed by atoms with van der Waals surface area (Å²) in [6.07, 6.45) is 0. The van der Waals surface area contributed by atoms with Crippen molar-refractivity contribution in [2.75, 3.05) is 11.5 Å². The van der Waals surface area contributed by atoms with Gasteiger partial charge in [-0.3, -0.25) is 0 Å². The first kappa shape index (κ1) is 23.5. The van der Waals surface area contributed by atoms with Crippen molar-refractivity contribution >= 4 is 33.2 Å². The number of nitrogen functional groups attached to an aromatic ring is 2. The van der Waals surface area contributed by atoms with Gasteiger partial charge in [0.25, 0.3) is 0 Å². The number of nitrogens with zero attached hydrogens (tertiary/aromatic N) is 4. The zero-order valence-corrected chi connectivity index (χ0v) is 21.5. The molecule has 0 spiro atoms. The van der Waals surface area contributed by atoms with Gasteiger partial charge in [-0.1, -0.05) is 72.8 Å². The fourth-order valence-electron chi connectivity index (χ4n) is 4.95. The molecule has 0 saturated carbocycles. The lowest BCUT2D eigenvalue weighted by Gasteiger charge is -2.13. The Hall–Kier alpha value is -5.62. The Morgan fingerprint density at radius 1 is 0.375 bits per heavy atom. The van der Waals surface area contributed by atoms with E-state index < -0.39 is 0 Å². The van der Waals surface area contributed by atoms with Crippen LogP contribution in [-0.2, 0) is 0 Å². The summed E-state index contributed by atoms with van der Waals surface area (Å²) in [7, 11) is 0. The van der Waals surface area contributed by atoms with E-state index in [1.807, 2.05) is 91.0 Å². The summed E-state index contributed by atoms with van der Waals surface area (Å²) < 4.78 is 0. The highest BCUT2D eigenvalue weighted by Crippen LogP contribution is 2.36. The maximum Gasteiger partial charge on any atom is 0.160 e. The first-order valence-electron chi connectivity index (χ1n) is 13.0. The molecule has 0 unspecified atom stereocenters. The lowest BCUT2D eigenvalue weighted by molar-refractivity contribution is 1.22. The van der Waals surface area contributed by atoms with Crippen LogP contribution in [0, 0.1) is 0 Å². The molecule has 7 aromatic rings. The molecule has 4 N–H and O–H groups in total. The molecule has 7 rings (SSSR count). The Kier molecular flexibility index (Phi) is 5.64. The number of anilines is 2. The molecular formula is C34H24N6. The van der Waals surface area contributed by atoms with Crippen LogP contribution < -0.4 is 11.5 Å². The second kappa shape index (κ2) is 9.60. The van der Waals surface area contributed by atoms with Crippen molar-refractivity contribution in [2.24, 2.45) is 0 Å². The van der Waals surface area contributed by atoms with Gasteiger partial charge in [0.2, 0.25) is 0 Å². The fourth-order valence-corrected chi connectivity index (χ4v) is 4.95.